The van der Waals surface area contributed by atoms with Gasteiger partial charge in [-0.15, -0.1) is 17.0 Å². The van der Waals surface area contributed by atoms with Gasteiger partial charge < -0.3 is 29.0 Å². The number of halogens is 1. The van der Waals surface area contributed by atoms with Gasteiger partial charge in [-0.2, -0.15) is 0 Å². The van der Waals surface area contributed by atoms with Gasteiger partial charge >= 0.3 is 0 Å². The number of fused-ring (bicyclic) bond motifs is 1. The van der Waals surface area contributed by atoms with Crippen LogP contribution in [0.1, 0.15) is 35.4 Å². The van der Waals surface area contributed by atoms with Crippen LogP contribution < -0.4 is 19.5 Å². The summed E-state index contributed by atoms with van der Waals surface area (Å²) in [6.45, 7) is 4.64. The molecular formula is C29H34BrNO5. The summed E-state index contributed by atoms with van der Waals surface area (Å²) in [5.41, 5.74) is 3.58. The molecule has 5 rings (SSSR count). The molecule has 7 heteroatoms. The van der Waals surface area contributed by atoms with Gasteiger partial charge in [0.1, 0.15) is 5.75 Å². The molecule has 3 aromatic carbocycles. The van der Waals surface area contributed by atoms with Crippen LogP contribution in [0.5, 0.6) is 17.2 Å². The Labute approximate surface area is 223 Å². The van der Waals surface area contributed by atoms with Gasteiger partial charge in [0.05, 0.1) is 32.5 Å². The summed E-state index contributed by atoms with van der Waals surface area (Å²) in [5.74, 6) is 2.84. The van der Waals surface area contributed by atoms with Crippen LogP contribution in [0.25, 0.3) is 0 Å². The minimum absolute atomic E-state index is 0. The Morgan fingerprint density at radius 1 is 0.833 bits per heavy atom. The van der Waals surface area contributed by atoms with E-state index in [4.69, 9.17) is 23.7 Å². The van der Waals surface area contributed by atoms with Crippen molar-refractivity contribution in [3.8, 4) is 17.2 Å². The van der Waals surface area contributed by atoms with Crippen molar-refractivity contribution in [3.05, 3.63) is 89.5 Å². The monoisotopic (exact) mass is 555 g/mol. The zero-order valence-electron chi connectivity index (χ0n) is 20.4. The lowest BCUT2D eigenvalue weighted by molar-refractivity contribution is 0.0105. The molecule has 0 radical (unpaired) electrons. The van der Waals surface area contributed by atoms with Crippen molar-refractivity contribution in [3.63, 3.8) is 0 Å². The highest BCUT2D eigenvalue weighted by Crippen LogP contribution is 2.34. The molecule has 3 aromatic rings. The van der Waals surface area contributed by atoms with Crippen molar-refractivity contribution >= 4 is 17.0 Å². The van der Waals surface area contributed by atoms with Crippen molar-refractivity contribution in [1.82, 2.24) is 5.32 Å². The van der Waals surface area contributed by atoms with Crippen LogP contribution in [-0.4, -0.2) is 39.2 Å². The zero-order chi connectivity index (χ0) is 23.7. The van der Waals surface area contributed by atoms with Gasteiger partial charge in [-0.25, -0.2) is 0 Å². The molecule has 0 bridgehead atoms. The Bertz CT molecular complexity index is 1060. The lowest BCUT2D eigenvalue weighted by Gasteiger charge is -2.32. The summed E-state index contributed by atoms with van der Waals surface area (Å²) >= 11 is 0. The molecule has 2 aliphatic heterocycles. The maximum absolute atomic E-state index is 6.36. The molecule has 0 aliphatic carbocycles. The minimum Gasteiger partial charge on any atom is -0.494 e. The van der Waals surface area contributed by atoms with Gasteiger partial charge in [0.2, 0.25) is 6.79 Å². The Morgan fingerprint density at radius 2 is 1.67 bits per heavy atom. The highest BCUT2D eigenvalue weighted by Gasteiger charge is 2.27. The van der Waals surface area contributed by atoms with E-state index in [9.17, 15) is 0 Å². The number of hydrogen-bond donors (Lipinski definition) is 1. The average Bonchev–Trinajstić information content (AvgIpc) is 3.39. The Hall–Kier alpha value is -2.58. The molecule has 2 aliphatic rings. The first-order valence-electron chi connectivity index (χ1n) is 12.4. The second-order valence-corrected chi connectivity index (χ2v) is 8.95. The van der Waals surface area contributed by atoms with Crippen LogP contribution in [0.3, 0.4) is 0 Å². The SMILES string of the molecule is Br.c1ccc(COCCCOc2ccc(C3CCNCC3OCc3ccc4c(c3)OCO4)cc2)cc1. The van der Waals surface area contributed by atoms with Gasteiger partial charge in [-0.1, -0.05) is 48.5 Å². The fourth-order valence-electron chi connectivity index (χ4n) is 4.55. The average molecular weight is 556 g/mol. The molecule has 0 aromatic heterocycles. The summed E-state index contributed by atoms with van der Waals surface area (Å²) in [5, 5.41) is 3.47. The zero-order valence-corrected chi connectivity index (χ0v) is 22.1. The van der Waals surface area contributed by atoms with E-state index in [1.54, 1.807) is 0 Å². The summed E-state index contributed by atoms with van der Waals surface area (Å²) < 4.78 is 28.9. The normalized spacial score (nSPS) is 18.4. The van der Waals surface area contributed by atoms with Crippen LogP contribution in [0.4, 0.5) is 0 Å². The molecule has 0 spiro atoms. The number of rotatable bonds is 11. The maximum Gasteiger partial charge on any atom is 0.231 e. The summed E-state index contributed by atoms with van der Waals surface area (Å²) in [7, 11) is 0. The maximum atomic E-state index is 6.36. The molecule has 0 amide bonds. The molecule has 2 atom stereocenters. The smallest absolute Gasteiger partial charge is 0.231 e. The van der Waals surface area contributed by atoms with Crippen molar-refractivity contribution in [2.45, 2.75) is 38.1 Å². The van der Waals surface area contributed by atoms with E-state index in [1.165, 1.54) is 11.1 Å². The standard InChI is InChI=1S/C29H33NO5.BrH/c1-2-5-22(6-3-1)19-31-15-4-16-32-25-10-8-24(9-11-25)26-13-14-30-18-29(26)33-20-23-7-12-27-28(17-23)35-21-34-27;/h1-3,5-12,17,26,29-30H,4,13-16,18-21H2;1H. The molecule has 6 nitrogen and oxygen atoms in total. The third-order valence-corrected chi connectivity index (χ3v) is 6.45. The van der Waals surface area contributed by atoms with Gasteiger partial charge in [0.15, 0.2) is 11.5 Å². The van der Waals surface area contributed by atoms with E-state index in [-0.39, 0.29) is 29.9 Å². The predicted octanol–water partition coefficient (Wildman–Crippen LogP) is 5.64. The number of piperidine rings is 1. The highest BCUT2D eigenvalue weighted by molar-refractivity contribution is 8.93. The van der Waals surface area contributed by atoms with Crippen LogP contribution in [0.15, 0.2) is 72.8 Å². The molecule has 2 heterocycles. The van der Waals surface area contributed by atoms with Crippen molar-refractivity contribution < 1.29 is 23.7 Å². The molecule has 1 N–H and O–H groups in total. The Morgan fingerprint density at radius 3 is 2.53 bits per heavy atom. The largest absolute Gasteiger partial charge is 0.494 e. The van der Waals surface area contributed by atoms with Crippen molar-refractivity contribution in [2.24, 2.45) is 0 Å². The summed E-state index contributed by atoms with van der Waals surface area (Å²) in [4.78, 5) is 0. The van der Waals surface area contributed by atoms with Crippen LogP contribution in [0.2, 0.25) is 0 Å². The quantitative estimate of drug-likeness (QED) is 0.309. The highest BCUT2D eigenvalue weighted by atomic mass is 79.9. The predicted molar refractivity (Wildman–Crippen MR) is 144 cm³/mol. The molecular weight excluding hydrogens is 522 g/mol. The topological polar surface area (TPSA) is 58.2 Å². The van der Waals surface area contributed by atoms with E-state index in [0.29, 0.717) is 32.3 Å². The fourth-order valence-corrected chi connectivity index (χ4v) is 4.55. The fraction of sp³-hybridized carbons (Fsp3) is 0.379. The van der Waals surface area contributed by atoms with E-state index >= 15 is 0 Å². The van der Waals surface area contributed by atoms with E-state index in [1.807, 2.05) is 36.4 Å². The van der Waals surface area contributed by atoms with Crippen LogP contribution in [-0.2, 0) is 22.7 Å². The second-order valence-electron chi connectivity index (χ2n) is 8.95. The van der Waals surface area contributed by atoms with E-state index < -0.39 is 0 Å². The van der Waals surface area contributed by atoms with Gasteiger partial charge in [-0.05, 0) is 53.9 Å². The molecule has 192 valence electrons. The summed E-state index contributed by atoms with van der Waals surface area (Å²) in [6, 6.07) is 24.7. The number of nitrogens with one attached hydrogen (secondary N) is 1. The Balaban J connectivity index is 0.00000304. The molecule has 1 fully saturated rings. The lowest BCUT2D eigenvalue weighted by atomic mass is 9.87. The molecule has 2 unspecified atom stereocenters. The van der Waals surface area contributed by atoms with Crippen LogP contribution in [0, 0.1) is 0 Å². The van der Waals surface area contributed by atoms with Gasteiger partial charge in [-0.3, -0.25) is 0 Å². The molecule has 0 saturated carbocycles. The van der Waals surface area contributed by atoms with Crippen molar-refractivity contribution in [2.75, 3.05) is 33.1 Å². The van der Waals surface area contributed by atoms with Gasteiger partial charge in [0, 0.05) is 18.9 Å². The Kier molecular flexibility index (Phi) is 10.0. The van der Waals surface area contributed by atoms with Crippen molar-refractivity contribution in [1.29, 1.82) is 0 Å². The lowest BCUT2D eigenvalue weighted by Crippen LogP contribution is -2.40. The third kappa shape index (κ3) is 7.23. The van der Waals surface area contributed by atoms with E-state index in [0.717, 1.165) is 48.7 Å². The second kappa shape index (κ2) is 13.7. The number of ether oxygens (including phenoxy) is 5. The number of hydrogen-bond acceptors (Lipinski definition) is 6. The van der Waals surface area contributed by atoms with E-state index in [2.05, 4.69) is 41.7 Å². The first kappa shape index (κ1) is 26.5. The minimum atomic E-state index is 0. The molecule has 1 saturated heterocycles. The third-order valence-electron chi connectivity index (χ3n) is 6.45. The van der Waals surface area contributed by atoms with Crippen LogP contribution >= 0.6 is 17.0 Å². The number of benzene rings is 3. The first-order valence-corrected chi connectivity index (χ1v) is 12.4. The first-order chi connectivity index (χ1) is 17.3. The molecule has 36 heavy (non-hydrogen) atoms. The summed E-state index contributed by atoms with van der Waals surface area (Å²) in [6.07, 6.45) is 2.02. The van der Waals surface area contributed by atoms with Gasteiger partial charge in [0.25, 0.3) is 0 Å².